The second kappa shape index (κ2) is 10.6. The maximum absolute atomic E-state index is 2.47. The van der Waals surface area contributed by atoms with Gasteiger partial charge in [-0.05, 0) is 69.6 Å². The van der Waals surface area contributed by atoms with Crippen LogP contribution in [-0.2, 0) is 5.41 Å². The lowest BCUT2D eigenvalue weighted by molar-refractivity contribution is 0.591. The standard InChI is InChI=1S/C40H33NS/c1-40(2,3)35-27-31(29-15-8-5-9-16-29)23-26-36(35)41(32-24-21-30(22-25-32)28-13-6-4-7-14-28)37-19-12-18-34-33-17-10-11-20-38(33)42-39(34)37/h4-27H,1-3H3. The number of anilines is 3. The van der Waals surface area contributed by atoms with E-state index in [0.717, 1.165) is 5.69 Å². The normalized spacial score (nSPS) is 11.7. The summed E-state index contributed by atoms with van der Waals surface area (Å²) in [6, 6.07) is 52.8. The van der Waals surface area contributed by atoms with Gasteiger partial charge < -0.3 is 4.90 Å². The van der Waals surface area contributed by atoms with E-state index in [4.69, 9.17) is 0 Å². The minimum atomic E-state index is -0.0730. The number of nitrogens with zero attached hydrogens (tertiary/aromatic N) is 1. The van der Waals surface area contributed by atoms with Crippen LogP contribution in [0.15, 0.2) is 146 Å². The predicted molar refractivity (Wildman–Crippen MR) is 184 cm³/mol. The number of benzene rings is 6. The van der Waals surface area contributed by atoms with Crippen molar-refractivity contribution >= 4 is 48.6 Å². The molecule has 1 heterocycles. The molecule has 204 valence electrons. The van der Waals surface area contributed by atoms with Crippen LogP contribution < -0.4 is 4.90 Å². The van der Waals surface area contributed by atoms with Crippen molar-refractivity contribution < 1.29 is 0 Å². The first kappa shape index (κ1) is 26.3. The largest absolute Gasteiger partial charge is 0.309 e. The van der Waals surface area contributed by atoms with Crippen LogP contribution >= 0.6 is 11.3 Å². The maximum Gasteiger partial charge on any atom is 0.0640 e. The molecule has 0 atom stereocenters. The Hall–Kier alpha value is -4.66. The quantitative estimate of drug-likeness (QED) is 0.203. The first-order valence-electron chi connectivity index (χ1n) is 14.5. The highest BCUT2D eigenvalue weighted by Gasteiger charge is 2.26. The number of fused-ring (bicyclic) bond motifs is 3. The van der Waals surface area contributed by atoms with Gasteiger partial charge >= 0.3 is 0 Å². The summed E-state index contributed by atoms with van der Waals surface area (Å²) >= 11 is 1.88. The molecule has 7 rings (SSSR count). The Kier molecular flexibility index (Phi) is 6.64. The van der Waals surface area contributed by atoms with E-state index < -0.39 is 0 Å². The minimum Gasteiger partial charge on any atom is -0.309 e. The number of thiophene rings is 1. The molecular formula is C40H33NS. The molecule has 1 aromatic heterocycles. The summed E-state index contributed by atoms with van der Waals surface area (Å²) in [6.07, 6.45) is 0. The van der Waals surface area contributed by atoms with Crippen molar-refractivity contribution in [1.29, 1.82) is 0 Å². The third-order valence-electron chi connectivity index (χ3n) is 8.01. The van der Waals surface area contributed by atoms with Crippen molar-refractivity contribution in [2.24, 2.45) is 0 Å². The van der Waals surface area contributed by atoms with Crippen LogP contribution in [0.1, 0.15) is 26.3 Å². The molecule has 2 heteroatoms. The van der Waals surface area contributed by atoms with E-state index in [2.05, 4.69) is 171 Å². The van der Waals surface area contributed by atoms with Gasteiger partial charge in [-0.1, -0.05) is 130 Å². The van der Waals surface area contributed by atoms with Gasteiger partial charge in [-0.25, -0.2) is 0 Å². The van der Waals surface area contributed by atoms with Gasteiger partial charge in [0.1, 0.15) is 0 Å². The zero-order chi connectivity index (χ0) is 28.7. The molecule has 0 N–H and O–H groups in total. The van der Waals surface area contributed by atoms with Crippen LogP contribution in [0.5, 0.6) is 0 Å². The summed E-state index contributed by atoms with van der Waals surface area (Å²) in [6.45, 7) is 6.95. The fraction of sp³-hybridized carbons (Fsp3) is 0.100. The van der Waals surface area contributed by atoms with Gasteiger partial charge in [0.15, 0.2) is 0 Å². The van der Waals surface area contributed by atoms with Crippen molar-refractivity contribution in [1.82, 2.24) is 0 Å². The first-order valence-corrected chi connectivity index (χ1v) is 15.3. The van der Waals surface area contributed by atoms with Crippen molar-refractivity contribution in [3.8, 4) is 22.3 Å². The Bertz CT molecular complexity index is 2000. The van der Waals surface area contributed by atoms with Crippen molar-refractivity contribution in [3.05, 3.63) is 151 Å². The zero-order valence-corrected chi connectivity index (χ0v) is 25.0. The van der Waals surface area contributed by atoms with Gasteiger partial charge in [-0.3, -0.25) is 0 Å². The van der Waals surface area contributed by atoms with E-state index in [9.17, 15) is 0 Å². The molecule has 0 fully saturated rings. The molecule has 0 radical (unpaired) electrons. The molecule has 0 amide bonds. The Morgan fingerprint density at radius 2 is 1.05 bits per heavy atom. The minimum absolute atomic E-state index is 0.0730. The summed E-state index contributed by atoms with van der Waals surface area (Å²) in [4.78, 5) is 2.47. The average molecular weight is 560 g/mol. The Labute approximate surface area is 252 Å². The van der Waals surface area contributed by atoms with Crippen LogP contribution in [0.25, 0.3) is 42.4 Å². The van der Waals surface area contributed by atoms with E-state index in [1.54, 1.807) is 0 Å². The second-order valence-corrected chi connectivity index (χ2v) is 12.9. The highest BCUT2D eigenvalue weighted by Crippen LogP contribution is 2.47. The van der Waals surface area contributed by atoms with Crippen LogP contribution in [0.2, 0.25) is 0 Å². The molecule has 6 aromatic carbocycles. The topological polar surface area (TPSA) is 3.24 Å². The molecule has 0 aliphatic heterocycles. The number of hydrogen-bond acceptors (Lipinski definition) is 2. The molecule has 0 unspecified atom stereocenters. The van der Waals surface area contributed by atoms with Crippen LogP contribution in [0.3, 0.4) is 0 Å². The molecule has 0 aliphatic carbocycles. The summed E-state index contributed by atoms with van der Waals surface area (Å²) in [7, 11) is 0. The van der Waals surface area contributed by atoms with Crippen LogP contribution in [0.4, 0.5) is 17.1 Å². The summed E-state index contributed by atoms with van der Waals surface area (Å²) in [5.41, 5.74) is 9.73. The number of rotatable bonds is 5. The average Bonchev–Trinajstić information content (AvgIpc) is 3.42. The molecule has 0 saturated heterocycles. The molecular weight excluding hydrogens is 527 g/mol. The molecule has 0 aliphatic rings. The molecule has 7 aromatic rings. The third kappa shape index (κ3) is 4.78. The Morgan fingerprint density at radius 3 is 1.74 bits per heavy atom. The monoisotopic (exact) mass is 559 g/mol. The SMILES string of the molecule is CC(C)(C)c1cc(-c2ccccc2)ccc1N(c1ccc(-c2ccccc2)cc1)c1cccc2c1sc1ccccc12. The lowest BCUT2D eigenvalue weighted by atomic mass is 9.83. The first-order chi connectivity index (χ1) is 20.5. The molecule has 0 saturated carbocycles. The lowest BCUT2D eigenvalue weighted by Crippen LogP contribution is -2.19. The van der Waals surface area contributed by atoms with E-state index >= 15 is 0 Å². The van der Waals surface area contributed by atoms with Gasteiger partial charge in [0.05, 0.1) is 10.4 Å². The molecule has 42 heavy (non-hydrogen) atoms. The van der Waals surface area contributed by atoms with Crippen molar-refractivity contribution in [3.63, 3.8) is 0 Å². The summed E-state index contributed by atoms with van der Waals surface area (Å²) in [5, 5.41) is 2.62. The summed E-state index contributed by atoms with van der Waals surface area (Å²) < 4.78 is 2.62. The fourth-order valence-electron chi connectivity index (χ4n) is 5.89. The van der Waals surface area contributed by atoms with Gasteiger partial charge in [0, 0.05) is 26.8 Å². The molecule has 0 spiro atoms. The van der Waals surface area contributed by atoms with Gasteiger partial charge in [-0.15, -0.1) is 11.3 Å². The van der Waals surface area contributed by atoms with E-state index in [0.29, 0.717) is 0 Å². The highest BCUT2D eigenvalue weighted by atomic mass is 32.1. The van der Waals surface area contributed by atoms with E-state index in [-0.39, 0.29) is 5.41 Å². The number of hydrogen-bond donors (Lipinski definition) is 0. The fourth-order valence-corrected chi connectivity index (χ4v) is 7.10. The highest BCUT2D eigenvalue weighted by molar-refractivity contribution is 7.26. The predicted octanol–water partition coefficient (Wildman–Crippen LogP) is 12.2. The molecule has 0 bridgehead atoms. The Morgan fingerprint density at radius 1 is 0.476 bits per heavy atom. The van der Waals surface area contributed by atoms with Gasteiger partial charge in [0.2, 0.25) is 0 Å². The van der Waals surface area contributed by atoms with E-state index in [1.807, 2.05) is 11.3 Å². The van der Waals surface area contributed by atoms with Crippen LogP contribution in [-0.4, -0.2) is 0 Å². The molecule has 1 nitrogen and oxygen atoms in total. The second-order valence-electron chi connectivity index (χ2n) is 11.8. The Balaban J connectivity index is 1.47. The van der Waals surface area contributed by atoms with Gasteiger partial charge in [0.25, 0.3) is 0 Å². The van der Waals surface area contributed by atoms with Gasteiger partial charge in [-0.2, -0.15) is 0 Å². The zero-order valence-electron chi connectivity index (χ0n) is 24.2. The lowest BCUT2D eigenvalue weighted by Gasteiger charge is -2.33. The van der Waals surface area contributed by atoms with Crippen molar-refractivity contribution in [2.75, 3.05) is 4.90 Å². The van der Waals surface area contributed by atoms with Crippen molar-refractivity contribution in [2.45, 2.75) is 26.2 Å². The smallest absolute Gasteiger partial charge is 0.0640 e. The maximum atomic E-state index is 2.47. The van der Waals surface area contributed by atoms with Crippen LogP contribution in [0, 0.1) is 0 Å². The third-order valence-corrected chi connectivity index (χ3v) is 9.22. The summed E-state index contributed by atoms with van der Waals surface area (Å²) in [5.74, 6) is 0. The van der Waals surface area contributed by atoms with E-state index in [1.165, 1.54) is 59.4 Å².